The highest BCUT2D eigenvalue weighted by atomic mass is 35.5. The summed E-state index contributed by atoms with van der Waals surface area (Å²) in [6.45, 7) is 2.84. The molecule has 4 rings (SSSR count). The number of thiophene rings is 1. The van der Waals surface area contributed by atoms with Crippen molar-refractivity contribution >= 4 is 33.2 Å². The molecule has 4 aromatic rings. The average Bonchev–Trinajstić information content (AvgIpc) is 3.11. The van der Waals surface area contributed by atoms with Crippen LogP contribution in [0.2, 0.25) is 5.02 Å². The molecule has 0 aliphatic carbocycles. The summed E-state index contributed by atoms with van der Waals surface area (Å²) in [5.74, 6) is 0.720. The van der Waals surface area contributed by atoms with Crippen LogP contribution in [0, 0.1) is 6.92 Å². The van der Waals surface area contributed by atoms with E-state index in [1.807, 2.05) is 36.6 Å². The Hall–Kier alpha value is -2.63. The van der Waals surface area contributed by atoms with Gasteiger partial charge >= 0.3 is 0 Å². The lowest BCUT2D eigenvalue weighted by Gasteiger charge is -2.08. The second kappa shape index (κ2) is 7.55. The summed E-state index contributed by atoms with van der Waals surface area (Å²) in [6.07, 6.45) is 1.59. The van der Waals surface area contributed by atoms with E-state index in [9.17, 15) is 4.79 Å². The molecule has 0 radical (unpaired) electrons. The van der Waals surface area contributed by atoms with Gasteiger partial charge in [0.1, 0.15) is 17.2 Å². The fraction of sp³-hybridized carbons (Fsp3) is 0.143. The van der Waals surface area contributed by atoms with Crippen LogP contribution in [-0.2, 0) is 6.54 Å². The van der Waals surface area contributed by atoms with E-state index in [1.165, 1.54) is 16.9 Å². The predicted octanol–water partition coefficient (Wildman–Crippen LogP) is 5.17. The van der Waals surface area contributed by atoms with Gasteiger partial charge in [0, 0.05) is 16.0 Å². The van der Waals surface area contributed by atoms with Crippen LogP contribution in [0.25, 0.3) is 21.3 Å². The molecule has 0 N–H and O–H groups in total. The van der Waals surface area contributed by atoms with Crippen molar-refractivity contribution in [2.24, 2.45) is 0 Å². The van der Waals surface area contributed by atoms with E-state index < -0.39 is 0 Å². The molecule has 0 saturated carbocycles. The maximum absolute atomic E-state index is 13.0. The van der Waals surface area contributed by atoms with Crippen LogP contribution >= 0.6 is 22.9 Å². The first-order valence-corrected chi connectivity index (χ1v) is 9.79. The predicted molar refractivity (Wildman–Crippen MR) is 111 cm³/mol. The Labute approximate surface area is 165 Å². The second-order valence-corrected chi connectivity index (χ2v) is 7.54. The summed E-state index contributed by atoms with van der Waals surface area (Å²) in [6, 6.07) is 15.3. The molecule has 0 atom stereocenters. The third-order valence-electron chi connectivity index (χ3n) is 4.34. The minimum Gasteiger partial charge on any atom is -0.492 e. The SMILES string of the molecule is Cc1ccc(-c2csc3ncn(CCOc4ccc(Cl)cc4)c(=O)c23)cc1. The monoisotopic (exact) mass is 396 g/mol. The summed E-state index contributed by atoms with van der Waals surface area (Å²) >= 11 is 7.36. The molecule has 0 aliphatic rings. The first-order chi connectivity index (χ1) is 13.1. The molecule has 0 unspecified atom stereocenters. The molecule has 2 aromatic heterocycles. The molecule has 136 valence electrons. The summed E-state index contributed by atoms with van der Waals surface area (Å²) in [5, 5.41) is 3.32. The standard InChI is InChI=1S/C21H17ClN2O2S/c1-14-2-4-15(5-3-14)18-12-27-20-19(18)21(25)24(13-23-20)10-11-26-17-8-6-16(22)7-9-17/h2-9,12-13H,10-11H2,1H3. The normalized spacial score (nSPS) is 11.0. The van der Waals surface area contributed by atoms with Crippen molar-refractivity contribution < 1.29 is 4.74 Å². The van der Waals surface area contributed by atoms with Gasteiger partial charge in [-0.1, -0.05) is 41.4 Å². The molecule has 27 heavy (non-hydrogen) atoms. The van der Waals surface area contributed by atoms with Crippen molar-refractivity contribution in [3.05, 3.63) is 81.2 Å². The number of halogens is 1. The fourth-order valence-electron chi connectivity index (χ4n) is 2.87. The maximum atomic E-state index is 13.0. The van der Waals surface area contributed by atoms with Crippen molar-refractivity contribution in [3.63, 3.8) is 0 Å². The van der Waals surface area contributed by atoms with Crippen molar-refractivity contribution in [3.8, 4) is 16.9 Å². The van der Waals surface area contributed by atoms with Crippen molar-refractivity contribution in [1.29, 1.82) is 0 Å². The lowest BCUT2D eigenvalue weighted by Crippen LogP contribution is -2.23. The molecular weight excluding hydrogens is 380 g/mol. The van der Waals surface area contributed by atoms with Gasteiger partial charge in [0.2, 0.25) is 0 Å². The third kappa shape index (κ3) is 3.75. The molecule has 0 amide bonds. The van der Waals surface area contributed by atoms with Crippen LogP contribution in [-0.4, -0.2) is 16.2 Å². The molecule has 2 heterocycles. The zero-order valence-electron chi connectivity index (χ0n) is 14.7. The van der Waals surface area contributed by atoms with Crippen LogP contribution in [0.15, 0.2) is 65.0 Å². The van der Waals surface area contributed by atoms with Crippen LogP contribution in [0.3, 0.4) is 0 Å². The Balaban J connectivity index is 1.59. The largest absolute Gasteiger partial charge is 0.492 e. The highest BCUT2D eigenvalue weighted by Gasteiger charge is 2.13. The number of aromatic nitrogens is 2. The lowest BCUT2D eigenvalue weighted by molar-refractivity contribution is 0.296. The number of hydrogen-bond acceptors (Lipinski definition) is 4. The van der Waals surface area contributed by atoms with Gasteiger partial charge in [-0.05, 0) is 36.8 Å². The van der Waals surface area contributed by atoms with E-state index in [4.69, 9.17) is 16.3 Å². The van der Waals surface area contributed by atoms with Gasteiger partial charge in [-0.15, -0.1) is 11.3 Å². The van der Waals surface area contributed by atoms with Crippen LogP contribution < -0.4 is 10.3 Å². The summed E-state index contributed by atoms with van der Waals surface area (Å²) < 4.78 is 7.30. The van der Waals surface area contributed by atoms with E-state index >= 15 is 0 Å². The molecule has 0 spiro atoms. The molecule has 4 nitrogen and oxygen atoms in total. The molecule has 0 bridgehead atoms. The van der Waals surface area contributed by atoms with E-state index in [1.54, 1.807) is 35.2 Å². The van der Waals surface area contributed by atoms with Gasteiger partial charge in [-0.3, -0.25) is 9.36 Å². The molecule has 6 heteroatoms. The van der Waals surface area contributed by atoms with Gasteiger partial charge in [0.05, 0.1) is 18.3 Å². The molecule has 0 aliphatic heterocycles. The first-order valence-electron chi connectivity index (χ1n) is 8.54. The maximum Gasteiger partial charge on any atom is 0.262 e. The van der Waals surface area contributed by atoms with Crippen LogP contribution in [0.4, 0.5) is 0 Å². The average molecular weight is 397 g/mol. The number of aryl methyl sites for hydroxylation is 1. The smallest absolute Gasteiger partial charge is 0.262 e. The Morgan fingerprint density at radius 3 is 2.59 bits per heavy atom. The third-order valence-corrected chi connectivity index (χ3v) is 5.48. The van der Waals surface area contributed by atoms with Crippen molar-refractivity contribution in [2.45, 2.75) is 13.5 Å². The molecule has 2 aromatic carbocycles. The van der Waals surface area contributed by atoms with E-state index in [0.29, 0.717) is 23.6 Å². The minimum atomic E-state index is -0.0449. The Morgan fingerprint density at radius 1 is 1.11 bits per heavy atom. The van der Waals surface area contributed by atoms with Gasteiger partial charge in [-0.2, -0.15) is 0 Å². The molecule has 0 fully saturated rings. The number of hydrogen-bond donors (Lipinski definition) is 0. The quantitative estimate of drug-likeness (QED) is 0.467. The van der Waals surface area contributed by atoms with Crippen LogP contribution in [0.5, 0.6) is 5.75 Å². The molecule has 0 saturated heterocycles. The highest BCUT2D eigenvalue weighted by Crippen LogP contribution is 2.30. The fourth-order valence-corrected chi connectivity index (χ4v) is 3.90. The minimum absolute atomic E-state index is 0.0449. The zero-order chi connectivity index (χ0) is 18.8. The second-order valence-electron chi connectivity index (χ2n) is 6.24. The number of fused-ring (bicyclic) bond motifs is 1. The summed E-state index contributed by atoms with van der Waals surface area (Å²) in [4.78, 5) is 18.2. The Kier molecular flexibility index (Phi) is 4.97. The summed E-state index contributed by atoms with van der Waals surface area (Å²) in [5.41, 5.74) is 3.10. The number of ether oxygens (including phenoxy) is 1. The van der Waals surface area contributed by atoms with Gasteiger partial charge < -0.3 is 4.74 Å². The van der Waals surface area contributed by atoms with Gasteiger partial charge in [0.15, 0.2) is 0 Å². The Bertz CT molecular complexity index is 1130. The van der Waals surface area contributed by atoms with Gasteiger partial charge in [-0.25, -0.2) is 4.98 Å². The molecular formula is C21H17ClN2O2S. The van der Waals surface area contributed by atoms with Crippen molar-refractivity contribution in [2.75, 3.05) is 6.61 Å². The lowest BCUT2D eigenvalue weighted by atomic mass is 10.1. The number of rotatable bonds is 5. The summed E-state index contributed by atoms with van der Waals surface area (Å²) in [7, 11) is 0. The zero-order valence-corrected chi connectivity index (χ0v) is 16.3. The van der Waals surface area contributed by atoms with Crippen LogP contribution in [0.1, 0.15) is 5.56 Å². The van der Waals surface area contributed by atoms with E-state index in [0.717, 1.165) is 21.7 Å². The Morgan fingerprint density at radius 2 is 1.85 bits per heavy atom. The highest BCUT2D eigenvalue weighted by molar-refractivity contribution is 7.17. The first kappa shape index (κ1) is 17.8. The van der Waals surface area contributed by atoms with Crippen molar-refractivity contribution in [1.82, 2.24) is 9.55 Å². The van der Waals surface area contributed by atoms with E-state index in [2.05, 4.69) is 4.98 Å². The number of nitrogens with zero attached hydrogens (tertiary/aromatic N) is 2. The van der Waals surface area contributed by atoms with Gasteiger partial charge in [0.25, 0.3) is 5.56 Å². The topological polar surface area (TPSA) is 44.1 Å². The van der Waals surface area contributed by atoms with E-state index in [-0.39, 0.29) is 5.56 Å². The number of benzene rings is 2.